The van der Waals surface area contributed by atoms with Gasteiger partial charge in [0, 0.05) is 24.8 Å². The lowest BCUT2D eigenvalue weighted by Gasteiger charge is -2.28. The predicted octanol–water partition coefficient (Wildman–Crippen LogP) is 6.90. The summed E-state index contributed by atoms with van der Waals surface area (Å²) in [5, 5.41) is 0. The zero-order chi connectivity index (χ0) is 22.1. The highest BCUT2D eigenvalue weighted by atomic mass is 16.5. The van der Waals surface area contributed by atoms with Crippen molar-refractivity contribution in [3.63, 3.8) is 0 Å². The number of benzene rings is 3. The van der Waals surface area contributed by atoms with Crippen LogP contribution in [0.25, 0.3) is 0 Å². The molecule has 0 spiro atoms. The van der Waals surface area contributed by atoms with Gasteiger partial charge in [-0.15, -0.1) is 0 Å². The van der Waals surface area contributed by atoms with Crippen LogP contribution in [-0.4, -0.2) is 27.3 Å². The lowest BCUT2D eigenvalue weighted by molar-refractivity contribution is 0.355. The number of hydrogen-bond donors (Lipinski definition) is 0. The molecule has 3 heteroatoms. The first-order chi connectivity index (χ1) is 15.1. The quantitative estimate of drug-likeness (QED) is 0.339. The van der Waals surface area contributed by atoms with E-state index in [0.29, 0.717) is 11.8 Å². The van der Waals surface area contributed by atoms with E-state index in [1.165, 1.54) is 16.8 Å². The Bertz CT molecular complexity index is 861. The van der Waals surface area contributed by atoms with Gasteiger partial charge >= 0.3 is 0 Å². The van der Waals surface area contributed by atoms with Crippen LogP contribution < -0.4 is 14.4 Å². The van der Waals surface area contributed by atoms with Crippen LogP contribution in [-0.2, 0) is 0 Å². The van der Waals surface area contributed by atoms with Crippen molar-refractivity contribution in [1.82, 2.24) is 0 Å². The Balaban J connectivity index is 1.74. The van der Waals surface area contributed by atoms with Crippen molar-refractivity contribution in [2.24, 2.45) is 0 Å². The summed E-state index contributed by atoms with van der Waals surface area (Å²) in [5.41, 5.74) is 3.97. The van der Waals surface area contributed by atoms with E-state index >= 15 is 0 Å². The van der Waals surface area contributed by atoms with Crippen LogP contribution in [0, 0.1) is 0 Å². The van der Waals surface area contributed by atoms with Crippen molar-refractivity contribution in [1.29, 1.82) is 0 Å². The van der Waals surface area contributed by atoms with Gasteiger partial charge in [0.15, 0.2) is 11.5 Å². The maximum atomic E-state index is 5.57. The molecule has 0 fully saturated rings. The fraction of sp³-hybridized carbons (Fsp3) is 0.357. The largest absolute Gasteiger partial charge is 0.493 e. The van der Waals surface area contributed by atoms with Crippen LogP contribution in [0.1, 0.15) is 49.7 Å². The molecule has 2 unspecified atom stereocenters. The van der Waals surface area contributed by atoms with E-state index in [0.717, 1.165) is 37.4 Å². The molecule has 3 aromatic rings. The Labute approximate surface area is 187 Å². The molecule has 0 saturated heterocycles. The lowest BCUT2D eigenvalue weighted by Crippen LogP contribution is -2.27. The van der Waals surface area contributed by atoms with Gasteiger partial charge in [-0.3, -0.25) is 0 Å². The highest BCUT2D eigenvalue weighted by Crippen LogP contribution is 2.33. The van der Waals surface area contributed by atoms with Crippen LogP contribution >= 0.6 is 0 Å². The first-order valence-electron chi connectivity index (χ1n) is 11.2. The van der Waals surface area contributed by atoms with Crippen molar-refractivity contribution in [2.45, 2.75) is 38.5 Å². The number of nitrogens with zero attached hydrogens (tertiary/aromatic N) is 1. The van der Waals surface area contributed by atoms with Crippen molar-refractivity contribution in [3.05, 3.63) is 90.0 Å². The summed E-state index contributed by atoms with van der Waals surface area (Å²) < 4.78 is 11.0. The standard InChI is InChI=1S/C28H35NO2/c1-22(24-11-7-5-8-12-24)17-19-29(20-18-23(2)25-13-9-6-10-14-25)26-15-16-27(30-3)28(21-26)31-4/h5-16,21-23H,17-20H2,1-4H3. The molecule has 0 aliphatic rings. The van der Waals surface area contributed by atoms with Crippen molar-refractivity contribution in [3.8, 4) is 11.5 Å². The second kappa shape index (κ2) is 11.5. The minimum atomic E-state index is 0.510. The van der Waals surface area contributed by atoms with Gasteiger partial charge in [0.05, 0.1) is 14.2 Å². The normalized spacial score (nSPS) is 12.8. The molecule has 0 N–H and O–H groups in total. The first kappa shape index (κ1) is 22.7. The predicted molar refractivity (Wildman–Crippen MR) is 131 cm³/mol. The molecule has 0 aromatic heterocycles. The third kappa shape index (κ3) is 6.27. The van der Waals surface area contributed by atoms with Crippen molar-refractivity contribution < 1.29 is 9.47 Å². The van der Waals surface area contributed by atoms with Crippen molar-refractivity contribution >= 4 is 5.69 Å². The lowest BCUT2D eigenvalue weighted by atomic mass is 9.96. The Morgan fingerprint density at radius 1 is 0.645 bits per heavy atom. The number of methoxy groups -OCH3 is 2. The summed E-state index contributed by atoms with van der Waals surface area (Å²) in [6.45, 7) is 6.61. The van der Waals surface area contributed by atoms with E-state index in [9.17, 15) is 0 Å². The topological polar surface area (TPSA) is 21.7 Å². The van der Waals surface area contributed by atoms with Gasteiger partial charge in [0.1, 0.15) is 0 Å². The van der Waals surface area contributed by atoms with Crippen LogP contribution in [0.4, 0.5) is 5.69 Å². The first-order valence-corrected chi connectivity index (χ1v) is 11.2. The van der Waals surface area contributed by atoms with E-state index in [-0.39, 0.29) is 0 Å². The fourth-order valence-electron chi connectivity index (χ4n) is 3.99. The molecule has 0 radical (unpaired) electrons. The second-order valence-corrected chi connectivity index (χ2v) is 8.23. The number of ether oxygens (including phenoxy) is 2. The van der Waals surface area contributed by atoms with Crippen LogP contribution in [0.2, 0.25) is 0 Å². The average Bonchev–Trinajstić information content (AvgIpc) is 2.84. The molecule has 0 aliphatic heterocycles. The van der Waals surface area contributed by atoms with Gasteiger partial charge in [-0.05, 0) is 47.9 Å². The van der Waals surface area contributed by atoms with E-state index in [4.69, 9.17) is 9.47 Å². The molecule has 0 aliphatic carbocycles. The molecule has 3 rings (SSSR count). The Hall–Kier alpha value is -2.94. The zero-order valence-electron chi connectivity index (χ0n) is 19.3. The summed E-state index contributed by atoms with van der Waals surface area (Å²) in [5.74, 6) is 2.56. The Morgan fingerprint density at radius 2 is 1.13 bits per heavy atom. The third-order valence-corrected chi connectivity index (χ3v) is 6.13. The number of rotatable bonds is 11. The van der Waals surface area contributed by atoms with Gasteiger partial charge in [-0.2, -0.15) is 0 Å². The molecular weight excluding hydrogens is 382 g/mol. The summed E-state index contributed by atoms with van der Waals surface area (Å²) in [4.78, 5) is 2.49. The summed E-state index contributed by atoms with van der Waals surface area (Å²) >= 11 is 0. The van der Waals surface area contributed by atoms with Crippen LogP contribution in [0.3, 0.4) is 0 Å². The van der Waals surface area contributed by atoms with Gasteiger partial charge in [-0.25, -0.2) is 0 Å². The molecule has 0 bridgehead atoms. The molecule has 2 atom stereocenters. The van der Waals surface area contributed by atoms with Crippen molar-refractivity contribution in [2.75, 3.05) is 32.2 Å². The fourth-order valence-corrected chi connectivity index (χ4v) is 3.99. The Kier molecular flexibility index (Phi) is 8.40. The molecular formula is C28H35NO2. The monoisotopic (exact) mass is 417 g/mol. The number of anilines is 1. The van der Waals surface area contributed by atoms with Gasteiger partial charge in [0.25, 0.3) is 0 Å². The minimum absolute atomic E-state index is 0.510. The highest BCUT2D eigenvalue weighted by molar-refractivity contribution is 5.56. The molecule has 0 heterocycles. The zero-order valence-corrected chi connectivity index (χ0v) is 19.3. The van der Waals surface area contributed by atoms with Gasteiger partial charge in [-0.1, -0.05) is 74.5 Å². The third-order valence-electron chi connectivity index (χ3n) is 6.13. The van der Waals surface area contributed by atoms with E-state index in [1.54, 1.807) is 14.2 Å². The minimum Gasteiger partial charge on any atom is -0.493 e. The average molecular weight is 418 g/mol. The van der Waals surface area contributed by atoms with Gasteiger partial charge in [0.2, 0.25) is 0 Å². The van der Waals surface area contributed by atoms with E-state index in [2.05, 4.69) is 91.5 Å². The van der Waals surface area contributed by atoms with E-state index < -0.39 is 0 Å². The molecule has 0 saturated carbocycles. The molecule has 164 valence electrons. The smallest absolute Gasteiger partial charge is 0.162 e. The molecule has 3 aromatic carbocycles. The summed E-state index contributed by atoms with van der Waals surface area (Å²) in [6.07, 6.45) is 2.19. The van der Waals surface area contributed by atoms with Crippen LogP contribution in [0.5, 0.6) is 11.5 Å². The molecule has 0 amide bonds. The number of hydrogen-bond acceptors (Lipinski definition) is 3. The highest BCUT2D eigenvalue weighted by Gasteiger charge is 2.15. The SMILES string of the molecule is COc1ccc(N(CCC(C)c2ccccc2)CCC(C)c2ccccc2)cc1OC. The summed E-state index contributed by atoms with van der Waals surface area (Å²) in [7, 11) is 3.37. The maximum absolute atomic E-state index is 5.57. The maximum Gasteiger partial charge on any atom is 0.162 e. The Morgan fingerprint density at radius 3 is 1.58 bits per heavy atom. The summed E-state index contributed by atoms with van der Waals surface area (Å²) in [6, 6.07) is 27.8. The second-order valence-electron chi connectivity index (χ2n) is 8.23. The molecule has 3 nitrogen and oxygen atoms in total. The van der Waals surface area contributed by atoms with Crippen LogP contribution in [0.15, 0.2) is 78.9 Å². The molecule has 31 heavy (non-hydrogen) atoms. The van der Waals surface area contributed by atoms with E-state index in [1.807, 2.05) is 6.07 Å². The van der Waals surface area contributed by atoms with Gasteiger partial charge < -0.3 is 14.4 Å².